The van der Waals surface area contributed by atoms with Gasteiger partial charge in [0.15, 0.2) is 0 Å². The van der Waals surface area contributed by atoms with E-state index in [9.17, 15) is 18.3 Å². The fourth-order valence-electron chi connectivity index (χ4n) is 6.44. The number of halogens is 3. The van der Waals surface area contributed by atoms with E-state index in [1.54, 1.807) is 0 Å². The summed E-state index contributed by atoms with van der Waals surface area (Å²) < 4.78 is 39.9. The number of nitrogens with zero attached hydrogens (tertiary/aromatic N) is 3. The minimum Gasteiger partial charge on any atom is -0.376 e. The van der Waals surface area contributed by atoms with Crippen LogP contribution >= 0.6 is 0 Å². The zero-order valence-corrected chi connectivity index (χ0v) is 11.5. The van der Waals surface area contributed by atoms with Gasteiger partial charge < -0.3 is 5.11 Å². The van der Waals surface area contributed by atoms with Crippen molar-refractivity contribution in [3.8, 4) is 0 Å². The lowest BCUT2D eigenvalue weighted by atomic mass is 9.65. The first-order valence-electron chi connectivity index (χ1n) is 7.72. The van der Waals surface area contributed by atoms with Crippen LogP contribution in [0.25, 0.3) is 10.4 Å². The maximum Gasteiger partial charge on any atom is 0.423 e. The van der Waals surface area contributed by atoms with Gasteiger partial charge in [0.2, 0.25) is 5.72 Å². The molecule has 0 heterocycles. The molecule has 0 aromatic heterocycles. The molecule has 0 aromatic rings. The lowest BCUT2D eigenvalue weighted by Gasteiger charge is -2.43. The number of rotatable bonds is 2. The zero-order chi connectivity index (χ0) is 15.0. The van der Waals surface area contributed by atoms with Gasteiger partial charge in [-0.05, 0) is 78.3 Å². The molecule has 21 heavy (non-hydrogen) atoms. The van der Waals surface area contributed by atoms with Crippen LogP contribution in [0.4, 0.5) is 13.2 Å². The molecule has 0 aliphatic heterocycles. The van der Waals surface area contributed by atoms with Gasteiger partial charge >= 0.3 is 6.18 Å². The van der Waals surface area contributed by atoms with E-state index in [1.165, 1.54) is 6.42 Å². The first-order valence-corrected chi connectivity index (χ1v) is 7.72. The molecule has 7 heteroatoms. The van der Waals surface area contributed by atoms with E-state index in [4.69, 9.17) is 5.53 Å². The molecule has 1 N–H and O–H groups in total. The maximum absolute atomic E-state index is 13.3. The number of aliphatic hydroxyl groups is 1. The van der Waals surface area contributed by atoms with Crippen molar-refractivity contribution < 1.29 is 18.3 Å². The van der Waals surface area contributed by atoms with Crippen LogP contribution in [-0.4, -0.2) is 17.0 Å². The van der Waals surface area contributed by atoms with Crippen LogP contribution in [0, 0.1) is 41.4 Å². The molecule has 4 nitrogen and oxygen atoms in total. The van der Waals surface area contributed by atoms with Crippen molar-refractivity contribution in [1.82, 2.24) is 0 Å². The summed E-state index contributed by atoms with van der Waals surface area (Å²) in [5.74, 6) is 1.29. The molecule has 0 radical (unpaired) electrons. The third-order valence-electron chi connectivity index (χ3n) is 6.87. The first kappa shape index (κ1) is 13.7. The highest BCUT2D eigenvalue weighted by atomic mass is 19.4. The summed E-state index contributed by atoms with van der Waals surface area (Å²) in [7, 11) is 0. The van der Waals surface area contributed by atoms with Crippen LogP contribution in [0.15, 0.2) is 5.11 Å². The number of hydrogen-bond acceptors (Lipinski definition) is 2. The Balaban J connectivity index is 1.68. The minimum atomic E-state index is -4.90. The second kappa shape index (κ2) is 4.07. The third kappa shape index (κ3) is 1.59. The number of fused-ring (bicyclic) bond motifs is 9. The zero-order valence-electron chi connectivity index (χ0n) is 11.5. The molecule has 116 valence electrons. The largest absolute Gasteiger partial charge is 0.423 e. The summed E-state index contributed by atoms with van der Waals surface area (Å²) in [4.78, 5) is 2.29. The normalized spacial score (nSPS) is 49.8. The Hall–Kier alpha value is -0.940. The van der Waals surface area contributed by atoms with Crippen LogP contribution in [0.5, 0.6) is 0 Å². The Morgan fingerprint density at radius 1 is 1.00 bits per heavy atom. The summed E-state index contributed by atoms with van der Waals surface area (Å²) in [6.45, 7) is 0. The Kier molecular flexibility index (Phi) is 2.66. The fraction of sp³-hybridized carbons (Fsp3) is 1.00. The van der Waals surface area contributed by atoms with Gasteiger partial charge in [-0.2, -0.15) is 13.2 Å². The molecule has 4 fully saturated rings. The van der Waals surface area contributed by atoms with E-state index in [0.29, 0.717) is 30.1 Å². The monoisotopic (exact) mass is 301 g/mol. The molecule has 4 aliphatic rings. The SMILES string of the molecule is [N-]=[N+]=NC(O)(C1CC2CC1C1C3CCC(C3)C21)C(F)(F)F. The van der Waals surface area contributed by atoms with Gasteiger partial charge in [0.05, 0.1) is 0 Å². The van der Waals surface area contributed by atoms with E-state index in [2.05, 4.69) is 10.0 Å². The second-order valence-electron chi connectivity index (χ2n) is 7.40. The Morgan fingerprint density at radius 2 is 1.67 bits per heavy atom. The van der Waals surface area contributed by atoms with Crippen LogP contribution in [-0.2, 0) is 0 Å². The molecule has 0 aromatic carbocycles. The summed E-state index contributed by atoms with van der Waals surface area (Å²) in [5, 5.41) is 12.9. The van der Waals surface area contributed by atoms with Crippen molar-refractivity contribution in [2.75, 3.05) is 0 Å². The number of azide groups is 1. The van der Waals surface area contributed by atoms with E-state index in [1.807, 2.05) is 0 Å². The van der Waals surface area contributed by atoms with Crippen molar-refractivity contribution in [1.29, 1.82) is 0 Å². The summed E-state index contributed by atoms with van der Waals surface area (Å²) in [6.07, 6.45) is -0.285. The van der Waals surface area contributed by atoms with Crippen LogP contribution in [0.3, 0.4) is 0 Å². The maximum atomic E-state index is 13.3. The van der Waals surface area contributed by atoms with Crippen LogP contribution < -0.4 is 0 Å². The van der Waals surface area contributed by atoms with Crippen molar-refractivity contribution in [3.63, 3.8) is 0 Å². The molecule has 8 atom stereocenters. The average molecular weight is 301 g/mol. The number of alkyl halides is 3. The highest BCUT2D eigenvalue weighted by molar-refractivity contribution is 5.14. The fourth-order valence-corrected chi connectivity index (χ4v) is 6.44. The van der Waals surface area contributed by atoms with Gasteiger partial charge in [-0.15, -0.1) is 0 Å². The molecular formula is C14H18F3N3O. The van der Waals surface area contributed by atoms with E-state index < -0.39 is 17.8 Å². The summed E-state index contributed by atoms with van der Waals surface area (Å²) >= 11 is 0. The molecule has 4 bridgehead atoms. The molecule has 0 spiro atoms. The van der Waals surface area contributed by atoms with Crippen molar-refractivity contribution in [2.45, 2.75) is 44.0 Å². The van der Waals surface area contributed by atoms with Gasteiger partial charge in [0.25, 0.3) is 0 Å². The molecule has 0 saturated heterocycles. The topological polar surface area (TPSA) is 69.0 Å². The predicted octanol–water partition coefficient (Wildman–Crippen LogP) is 3.87. The third-order valence-corrected chi connectivity index (χ3v) is 6.87. The van der Waals surface area contributed by atoms with Gasteiger partial charge in [-0.1, -0.05) is 0 Å². The summed E-state index contributed by atoms with van der Waals surface area (Å²) in [5.41, 5.74) is 5.26. The van der Waals surface area contributed by atoms with Gasteiger partial charge in [0, 0.05) is 10.8 Å². The highest BCUT2D eigenvalue weighted by Gasteiger charge is 2.70. The van der Waals surface area contributed by atoms with Crippen molar-refractivity contribution in [3.05, 3.63) is 10.4 Å². The lowest BCUT2D eigenvalue weighted by Crippen LogP contribution is -2.53. The molecule has 8 unspecified atom stereocenters. The van der Waals surface area contributed by atoms with Gasteiger partial charge in [0.1, 0.15) is 0 Å². The molecule has 4 saturated carbocycles. The van der Waals surface area contributed by atoms with E-state index in [0.717, 1.165) is 19.3 Å². The predicted molar refractivity (Wildman–Crippen MR) is 67.7 cm³/mol. The Morgan fingerprint density at radius 3 is 2.29 bits per heavy atom. The van der Waals surface area contributed by atoms with Crippen molar-refractivity contribution >= 4 is 0 Å². The highest BCUT2D eigenvalue weighted by Crippen LogP contribution is 2.70. The molecular weight excluding hydrogens is 283 g/mol. The first-order chi connectivity index (χ1) is 9.87. The smallest absolute Gasteiger partial charge is 0.376 e. The van der Waals surface area contributed by atoms with Crippen LogP contribution in [0.1, 0.15) is 32.1 Å². The Labute approximate surface area is 120 Å². The number of hydrogen-bond donors (Lipinski definition) is 1. The van der Waals surface area contributed by atoms with Gasteiger partial charge in [-0.25, -0.2) is 0 Å². The molecule has 4 aliphatic carbocycles. The van der Waals surface area contributed by atoms with Crippen LogP contribution in [0.2, 0.25) is 0 Å². The molecule has 0 amide bonds. The van der Waals surface area contributed by atoms with Gasteiger partial charge in [-0.3, -0.25) is 0 Å². The second-order valence-corrected chi connectivity index (χ2v) is 7.40. The lowest BCUT2D eigenvalue weighted by molar-refractivity contribution is -0.285. The quantitative estimate of drug-likeness (QED) is 0.358. The van der Waals surface area contributed by atoms with E-state index >= 15 is 0 Å². The average Bonchev–Trinajstić information content (AvgIpc) is 3.15. The molecule has 4 rings (SSSR count). The van der Waals surface area contributed by atoms with E-state index in [-0.39, 0.29) is 11.8 Å². The summed E-state index contributed by atoms with van der Waals surface area (Å²) in [6, 6.07) is 0. The van der Waals surface area contributed by atoms with Crippen molar-refractivity contribution in [2.24, 2.45) is 46.5 Å². The Bertz CT molecular complexity index is 518. The standard InChI is InChI=1S/C14H18F3N3O/c15-14(16,17)13(21,19-20-18)10-5-8-4-9(10)12-7-2-1-6(3-7)11(8)12/h6-12,21H,1-5H2. The minimum absolute atomic E-state index is 0.132.